The van der Waals surface area contributed by atoms with E-state index in [2.05, 4.69) is 53.4 Å². The second-order valence-electron chi connectivity index (χ2n) is 5.74. The third-order valence-corrected chi connectivity index (χ3v) is 4.25. The predicted octanol–water partition coefficient (Wildman–Crippen LogP) is 4.86. The third-order valence-electron chi connectivity index (χ3n) is 4.05. The summed E-state index contributed by atoms with van der Waals surface area (Å²) in [6, 6.07) is 8.51. The van der Waals surface area contributed by atoms with Crippen LogP contribution >= 0.6 is 11.6 Å². The average Bonchev–Trinajstić information content (AvgIpc) is 2.92. The molecule has 2 aromatic rings. The highest BCUT2D eigenvalue weighted by molar-refractivity contribution is 6.68. The zero-order chi connectivity index (χ0) is 15.1. The number of hydrogen-bond acceptors (Lipinski definition) is 2. The van der Waals surface area contributed by atoms with Gasteiger partial charge in [0.2, 0.25) is 0 Å². The average molecular weight is 310 g/mol. The highest BCUT2D eigenvalue weighted by Gasteiger charge is 2.21. The first-order valence-electron chi connectivity index (χ1n) is 7.42. The van der Waals surface area contributed by atoms with Crippen molar-refractivity contribution in [3.05, 3.63) is 66.0 Å². The Balaban J connectivity index is 1.86. The van der Waals surface area contributed by atoms with Crippen LogP contribution in [0, 0.1) is 5.92 Å². The molecule has 3 heterocycles. The molecular weight excluding hydrogens is 294 g/mol. The zero-order valence-corrected chi connectivity index (χ0v) is 13.0. The summed E-state index contributed by atoms with van der Waals surface area (Å²) < 4.78 is 0. The minimum absolute atomic E-state index is 0.456. The molecule has 1 unspecified atom stereocenters. The predicted molar refractivity (Wildman–Crippen MR) is 92.4 cm³/mol. The lowest BCUT2D eigenvalue weighted by Crippen LogP contribution is -2.18. The van der Waals surface area contributed by atoms with Crippen molar-refractivity contribution in [1.82, 2.24) is 9.99 Å². The summed E-state index contributed by atoms with van der Waals surface area (Å²) in [6.45, 7) is 2.22. The Kier molecular flexibility index (Phi) is 3.16. The molecule has 0 spiro atoms. The first kappa shape index (κ1) is 13.4. The van der Waals surface area contributed by atoms with Gasteiger partial charge >= 0.3 is 0 Å². The number of allylic oxidation sites excluding steroid dienone is 4. The molecule has 0 bridgehead atoms. The van der Waals surface area contributed by atoms with Crippen LogP contribution in [0.5, 0.6) is 0 Å². The standard InChI is InChI=1S/C18H16ClN3/c1-12-2-4-15-5-7-18(19)21-22(15)17(10-12)14-3-6-16-13(11-14)8-9-20-16/h3-12,20H,2H2,1H3. The highest BCUT2D eigenvalue weighted by Crippen LogP contribution is 2.33. The van der Waals surface area contributed by atoms with E-state index < -0.39 is 0 Å². The molecule has 2 aliphatic heterocycles. The first-order valence-corrected chi connectivity index (χ1v) is 7.80. The molecule has 0 amide bonds. The van der Waals surface area contributed by atoms with Crippen LogP contribution in [0.15, 0.2) is 65.6 Å². The van der Waals surface area contributed by atoms with Gasteiger partial charge in [-0.05, 0) is 42.7 Å². The lowest BCUT2D eigenvalue weighted by molar-refractivity contribution is 0.538. The van der Waals surface area contributed by atoms with E-state index in [0.717, 1.165) is 28.9 Å². The maximum Gasteiger partial charge on any atom is 0.150 e. The normalized spacial score (nSPS) is 21.1. The van der Waals surface area contributed by atoms with E-state index >= 15 is 0 Å². The fraction of sp³-hybridized carbons (Fsp3) is 0.167. The molecule has 0 fully saturated rings. The first-order chi connectivity index (χ1) is 10.7. The summed E-state index contributed by atoms with van der Waals surface area (Å²) in [6.07, 6.45) is 11.3. The molecule has 0 aliphatic carbocycles. The van der Waals surface area contributed by atoms with E-state index in [4.69, 9.17) is 11.6 Å². The Hall–Kier alpha value is -2.26. The Morgan fingerprint density at radius 1 is 1.27 bits per heavy atom. The summed E-state index contributed by atoms with van der Waals surface area (Å²) >= 11 is 6.12. The van der Waals surface area contributed by atoms with Gasteiger partial charge in [0.15, 0.2) is 0 Å². The van der Waals surface area contributed by atoms with Gasteiger partial charge in [-0.1, -0.05) is 36.7 Å². The van der Waals surface area contributed by atoms with Gasteiger partial charge < -0.3 is 4.98 Å². The molecule has 1 aromatic carbocycles. The number of nitrogens with one attached hydrogen (secondary N) is 1. The maximum absolute atomic E-state index is 6.12. The Labute approximate surface area is 134 Å². The minimum Gasteiger partial charge on any atom is -0.361 e. The summed E-state index contributed by atoms with van der Waals surface area (Å²) in [7, 11) is 0. The number of aromatic amines is 1. The number of nitrogens with zero attached hydrogens (tertiary/aromatic N) is 2. The van der Waals surface area contributed by atoms with Gasteiger partial charge in [0, 0.05) is 22.7 Å². The summed E-state index contributed by atoms with van der Waals surface area (Å²) in [5.74, 6) is 0.456. The number of benzene rings is 1. The van der Waals surface area contributed by atoms with Gasteiger partial charge in [-0.15, -0.1) is 0 Å². The molecule has 3 nitrogen and oxygen atoms in total. The molecular formula is C18H16ClN3. The Morgan fingerprint density at radius 2 is 2.18 bits per heavy atom. The smallest absolute Gasteiger partial charge is 0.150 e. The molecule has 0 radical (unpaired) electrons. The fourth-order valence-electron chi connectivity index (χ4n) is 2.90. The van der Waals surface area contributed by atoms with E-state index in [1.807, 2.05) is 23.4 Å². The van der Waals surface area contributed by atoms with Crippen molar-refractivity contribution in [1.29, 1.82) is 0 Å². The summed E-state index contributed by atoms with van der Waals surface area (Å²) in [5, 5.41) is 8.15. The van der Waals surface area contributed by atoms with Gasteiger partial charge in [0.1, 0.15) is 5.17 Å². The molecule has 1 aromatic heterocycles. The van der Waals surface area contributed by atoms with Gasteiger partial charge in [-0.25, -0.2) is 5.01 Å². The van der Waals surface area contributed by atoms with Gasteiger partial charge in [-0.3, -0.25) is 0 Å². The SMILES string of the molecule is CC1C=C(c2ccc3[nH]ccc3c2)N2N=C(Cl)C=CC2=CC1. The molecule has 4 heteroatoms. The molecule has 22 heavy (non-hydrogen) atoms. The highest BCUT2D eigenvalue weighted by atomic mass is 35.5. The van der Waals surface area contributed by atoms with E-state index in [9.17, 15) is 0 Å². The van der Waals surface area contributed by atoms with Gasteiger partial charge in [-0.2, -0.15) is 5.10 Å². The number of hydrazone groups is 1. The third kappa shape index (κ3) is 2.28. The van der Waals surface area contributed by atoms with Crippen LogP contribution in [0.4, 0.5) is 0 Å². The molecule has 2 aliphatic rings. The van der Waals surface area contributed by atoms with E-state index in [1.165, 1.54) is 5.39 Å². The van der Waals surface area contributed by atoms with Crippen molar-refractivity contribution >= 4 is 33.4 Å². The number of halogens is 1. The van der Waals surface area contributed by atoms with Crippen molar-refractivity contribution in [2.45, 2.75) is 13.3 Å². The largest absolute Gasteiger partial charge is 0.361 e. The second-order valence-corrected chi connectivity index (χ2v) is 6.13. The van der Waals surface area contributed by atoms with Gasteiger partial charge in [0.05, 0.1) is 11.4 Å². The molecule has 1 N–H and O–H groups in total. The second kappa shape index (κ2) is 5.18. The molecule has 0 saturated heterocycles. The van der Waals surface area contributed by atoms with Gasteiger partial charge in [0.25, 0.3) is 0 Å². The van der Waals surface area contributed by atoms with Crippen LogP contribution < -0.4 is 0 Å². The Bertz CT molecular complexity index is 854. The molecule has 4 rings (SSSR count). The van der Waals surface area contributed by atoms with E-state index in [0.29, 0.717) is 11.1 Å². The molecule has 110 valence electrons. The van der Waals surface area contributed by atoms with Crippen LogP contribution in [0.1, 0.15) is 18.9 Å². The van der Waals surface area contributed by atoms with Crippen LogP contribution in [-0.2, 0) is 0 Å². The van der Waals surface area contributed by atoms with E-state index in [1.54, 1.807) is 0 Å². The maximum atomic E-state index is 6.12. The topological polar surface area (TPSA) is 31.4 Å². The zero-order valence-electron chi connectivity index (χ0n) is 12.3. The number of rotatable bonds is 1. The number of fused-ring (bicyclic) bond motifs is 2. The van der Waals surface area contributed by atoms with E-state index in [-0.39, 0.29) is 0 Å². The number of H-pyrrole nitrogens is 1. The van der Waals surface area contributed by atoms with Crippen molar-refractivity contribution in [3.8, 4) is 0 Å². The summed E-state index contributed by atoms with van der Waals surface area (Å²) in [4.78, 5) is 3.23. The fourth-order valence-corrected chi connectivity index (χ4v) is 3.04. The van der Waals surface area contributed by atoms with Crippen LogP contribution in [0.2, 0.25) is 0 Å². The monoisotopic (exact) mass is 309 g/mol. The number of hydrogen-bond donors (Lipinski definition) is 1. The Morgan fingerprint density at radius 3 is 3.09 bits per heavy atom. The minimum atomic E-state index is 0.456. The van der Waals surface area contributed by atoms with Crippen molar-refractivity contribution in [2.75, 3.05) is 0 Å². The summed E-state index contributed by atoms with van der Waals surface area (Å²) in [5.41, 5.74) is 4.45. The van der Waals surface area contributed by atoms with Crippen LogP contribution in [0.25, 0.3) is 16.6 Å². The lowest BCUT2D eigenvalue weighted by Gasteiger charge is -2.25. The number of aromatic nitrogens is 1. The molecule has 0 saturated carbocycles. The van der Waals surface area contributed by atoms with Crippen molar-refractivity contribution in [2.24, 2.45) is 11.0 Å². The van der Waals surface area contributed by atoms with Crippen molar-refractivity contribution in [3.63, 3.8) is 0 Å². The van der Waals surface area contributed by atoms with Crippen LogP contribution in [-0.4, -0.2) is 15.2 Å². The quantitative estimate of drug-likeness (QED) is 0.801. The van der Waals surface area contributed by atoms with Crippen LogP contribution in [0.3, 0.4) is 0 Å². The lowest BCUT2D eigenvalue weighted by atomic mass is 10.0. The van der Waals surface area contributed by atoms with Crippen molar-refractivity contribution < 1.29 is 0 Å². The molecule has 1 atom stereocenters.